The standard InChI is InChI=1S/C17H30N4O2/c1-18-17(20-9-6-14(7-10-20)16(22)23-2)19-11-13-5-8-21(12-13)15-3-4-15/h13-15H,3-12H2,1-2H3,(H,18,19). The van der Waals surface area contributed by atoms with E-state index in [1.54, 1.807) is 0 Å². The van der Waals surface area contributed by atoms with E-state index in [4.69, 9.17) is 4.74 Å². The highest BCUT2D eigenvalue weighted by Crippen LogP contribution is 2.31. The van der Waals surface area contributed by atoms with E-state index in [0.29, 0.717) is 0 Å². The Hall–Kier alpha value is -1.30. The molecule has 1 aliphatic carbocycles. The van der Waals surface area contributed by atoms with Crippen molar-refractivity contribution < 1.29 is 9.53 Å². The van der Waals surface area contributed by atoms with Crippen LogP contribution in [0, 0.1) is 11.8 Å². The molecule has 2 saturated heterocycles. The largest absolute Gasteiger partial charge is 0.469 e. The van der Waals surface area contributed by atoms with Crippen LogP contribution in [-0.2, 0) is 9.53 Å². The molecule has 1 unspecified atom stereocenters. The van der Waals surface area contributed by atoms with Crippen LogP contribution < -0.4 is 5.32 Å². The van der Waals surface area contributed by atoms with Gasteiger partial charge in [0.1, 0.15) is 0 Å². The van der Waals surface area contributed by atoms with Gasteiger partial charge in [0.25, 0.3) is 0 Å². The summed E-state index contributed by atoms with van der Waals surface area (Å²) in [4.78, 5) is 21.0. The molecule has 1 N–H and O–H groups in total. The van der Waals surface area contributed by atoms with Crippen molar-refractivity contribution in [2.45, 2.75) is 38.1 Å². The zero-order valence-corrected chi connectivity index (χ0v) is 14.5. The zero-order valence-electron chi connectivity index (χ0n) is 14.5. The number of hydrogen-bond acceptors (Lipinski definition) is 4. The van der Waals surface area contributed by atoms with Crippen LogP contribution >= 0.6 is 0 Å². The molecule has 1 saturated carbocycles. The van der Waals surface area contributed by atoms with Crippen molar-refractivity contribution in [2.75, 3.05) is 46.9 Å². The highest BCUT2D eigenvalue weighted by molar-refractivity contribution is 5.80. The van der Waals surface area contributed by atoms with Crippen LogP contribution in [0.4, 0.5) is 0 Å². The molecule has 3 rings (SSSR count). The molecule has 2 aliphatic heterocycles. The summed E-state index contributed by atoms with van der Waals surface area (Å²) in [6.07, 6.45) is 5.80. The third kappa shape index (κ3) is 4.16. The van der Waals surface area contributed by atoms with Crippen LogP contribution in [0.2, 0.25) is 0 Å². The number of ether oxygens (including phenoxy) is 1. The number of hydrogen-bond donors (Lipinski definition) is 1. The Morgan fingerprint density at radius 2 is 1.91 bits per heavy atom. The normalized spacial score (nSPS) is 27.3. The second-order valence-electron chi connectivity index (χ2n) is 7.09. The van der Waals surface area contributed by atoms with Crippen LogP contribution in [0.25, 0.3) is 0 Å². The lowest BCUT2D eigenvalue weighted by Gasteiger charge is -2.33. The number of carbonyl (C=O) groups excluding carboxylic acids is 1. The van der Waals surface area contributed by atoms with Crippen molar-refractivity contribution in [3.63, 3.8) is 0 Å². The van der Waals surface area contributed by atoms with E-state index in [0.717, 1.165) is 50.4 Å². The third-order valence-electron chi connectivity index (χ3n) is 5.47. The van der Waals surface area contributed by atoms with Gasteiger partial charge in [-0.2, -0.15) is 0 Å². The highest BCUT2D eigenvalue weighted by atomic mass is 16.5. The fraction of sp³-hybridized carbons (Fsp3) is 0.882. The molecular weight excluding hydrogens is 292 g/mol. The number of aliphatic imine (C=N–C) groups is 1. The van der Waals surface area contributed by atoms with Crippen LogP contribution in [0.15, 0.2) is 4.99 Å². The van der Waals surface area contributed by atoms with E-state index < -0.39 is 0 Å². The minimum Gasteiger partial charge on any atom is -0.469 e. The molecule has 0 radical (unpaired) electrons. The molecule has 3 aliphatic rings. The summed E-state index contributed by atoms with van der Waals surface area (Å²) in [6.45, 7) is 5.25. The van der Waals surface area contributed by atoms with Gasteiger partial charge in [0, 0.05) is 39.3 Å². The van der Waals surface area contributed by atoms with Gasteiger partial charge in [-0.15, -0.1) is 0 Å². The fourth-order valence-electron chi connectivity index (χ4n) is 3.86. The van der Waals surface area contributed by atoms with Crippen LogP contribution in [-0.4, -0.2) is 74.7 Å². The first-order valence-electron chi connectivity index (χ1n) is 8.98. The number of nitrogens with zero attached hydrogens (tertiary/aromatic N) is 3. The first-order valence-corrected chi connectivity index (χ1v) is 8.98. The first kappa shape index (κ1) is 16.6. The molecule has 0 aromatic rings. The van der Waals surface area contributed by atoms with Crippen molar-refractivity contribution in [1.29, 1.82) is 0 Å². The Morgan fingerprint density at radius 3 is 2.52 bits per heavy atom. The maximum absolute atomic E-state index is 11.6. The summed E-state index contributed by atoms with van der Waals surface area (Å²) >= 11 is 0. The molecule has 6 heteroatoms. The van der Waals surface area contributed by atoms with Crippen LogP contribution in [0.1, 0.15) is 32.1 Å². The summed E-state index contributed by atoms with van der Waals surface area (Å²) in [5.74, 6) is 1.70. The Labute approximate surface area is 139 Å². The summed E-state index contributed by atoms with van der Waals surface area (Å²) < 4.78 is 4.85. The second kappa shape index (κ2) is 7.51. The molecule has 23 heavy (non-hydrogen) atoms. The van der Waals surface area contributed by atoms with E-state index in [9.17, 15) is 4.79 Å². The fourth-order valence-corrected chi connectivity index (χ4v) is 3.86. The lowest BCUT2D eigenvalue weighted by Crippen LogP contribution is -2.47. The van der Waals surface area contributed by atoms with Gasteiger partial charge in [-0.3, -0.25) is 9.79 Å². The second-order valence-corrected chi connectivity index (χ2v) is 7.09. The van der Waals surface area contributed by atoms with Gasteiger partial charge in [0.15, 0.2) is 5.96 Å². The van der Waals surface area contributed by atoms with Gasteiger partial charge in [0.05, 0.1) is 13.0 Å². The molecule has 6 nitrogen and oxygen atoms in total. The van der Waals surface area contributed by atoms with E-state index in [2.05, 4.69) is 20.1 Å². The molecule has 0 aromatic heterocycles. The van der Waals surface area contributed by atoms with E-state index in [-0.39, 0.29) is 11.9 Å². The van der Waals surface area contributed by atoms with Crippen LogP contribution in [0.3, 0.4) is 0 Å². The molecule has 0 bridgehead atoms. The maximum atomic E-state index is 11.6. The quantitative estimate of drug-likeness (QED) is 0.474. The SMILES string of the molecule is CN=C(NCC1CCN(C2CC2)C1)N1CCC(C(=O)OC)CC1. The predicted molar refractivity (Wildman–Crippen MR) is 90.4 cm³/mol. The molecule has 0 amide bonds. The number of nitrogens with one attached hydrogen (secondary N) is 1. The topological polar surface area (TPSA) is 57.2 Å². The lowest BCUT2D eigenvalue weighted by molar-refractivity contribution is -0.146. The summed E-state index contributed by atoms with van der Waals surface area (Å²) in [5, 5.41) is 3.55. The minimum atomic E-state index is -0.0706. The Kier molecular flexibility index (Phi) is 5.41. The van der Waals surface area contributed by atoms with Gasteiger partial charge in [-0.1, -0.05) is 0 Å². The van der Waals surface area contributed by atoms with Crippen molar-refractivity contribution in [3.05, 3.63) is 0 Å². The molecule has 0 spiro atoms. The molecule has 1 atom stereocenters. The number of carbonyl (C=O) groups is 1. The maximum Gasteiger partial charge on any atom is 0.308 e. The van der Waals surface area contributed by atoms with E-state index in [1.165, 1.54) is 39.5 Å². The van der Waals surface area contributed by atoms with E-state index in [1.807, 2.05) is 7.05 Å². The van der Waals surface area contributed by atoms with Gasteiger partial charge in [-0.25, -0.2) is 0 Å². The van der Waals surface area contributed by atoms with Gasteiger partial charge < -0.3 is 19.9 Å². The Balaban J connectivity index is 1.41. The first-order chi connectivity index (χ1) is 11.2. The number of esters is 1. The molecule has 130 valence electrons. The van der Waals surface area contributed by atoms with Crippen molar-refractivity contribution in [1.82, 2.24) is 15.1 Å². The minimum absolute atomic E-state index is 0.0521. The number of likely N-dealkylation sites (tertiary alicyclic amines) is 2. The Bertz CT molecular complexity index is 442. The smallest absolute Gasteiger partial charge is 0.308 e. The summed E-state index contributed by atoms with van der Waals surface area (Å²) in [7, 11) is 3.32. The van der Waals surface area contributed by atoms with Gasteiger partial charge >= 0.3 is 5.97 Å². The molecule has 3 fully saturated rings. The average Bonchev–Trinajstić information content (AvgIpc) is 3.34. The lowest BCUT2D eigenvalue weighted by atomic mass is 9.97. The van der Waals surface area contributed by atoms with E-state index >= 15 is 0 Å². The number of guanidine groups is 1. The zero-order chi connectivity index (χ0) is 16.2. The molecular formula is C17H30N4O2. The number of methoxy groups -OCH3 is 1. The van der Waals surface area contributed by atoms with Crippen molar-refractivity contribution in [3.8, 4) is 0 Å². The summed E-state index contributed by atoms with van der Waals surface area (Å²) in [6, 6.07) is 0.886. The summed E-state index contributed by atoms with van der Waals surface area (Å²) in [5.41, 5.74) is 0. The Morgan fingerprint density at radius 1 is 1.17 bits per heavy atom. The van der Waals surface area contributed by atoms with Gasteiger partial charge in [0.2, 0.25) is 0 Å². The monoisotopic (exact) mass is 322 g/mol. The van der Waals surface area contributed by atoms with Gasteiger partial charge in [-0.05, 0) is 44.6 Å². The van der Waals surface area contributed by atoms with Crippen molar-refractivity contribution >= 4 is 11.9 Å². The predicted octanol–water partition coefficient (Wildman–Crippen LogP) is 0.931. The molecule has 2 heterocycles. The van der Waals surface area contributed by atoms with Crippen LogP contribution in [0.5, 0.6) is 0 Å². The third-order valence-corrected chi connectivity index (χ3v) is 5.47. The molecule has 0 aromatic carbocycles. The number of rotatable bonds is 4. The highest BCUT2D eigenvalue weighted by Gasteiger charge is 2.34. The average molecular weight is 322 g/mol. The number of piperidine rings is 1. The van der Waals surface area contributed by atoms with Crippen molar-refractivity contribution in [2.24, 2.45) is 16.8 Å².